The summed E-state index contributed by atoms with van der Waals surface area (Å²) >= 11 is 0. The van der Waals surface area contributed by atoms with E-state index in [9.17, 15) is 13.6 Å². The molecular formula is C20H15F2N3O. The second kappa shape index (κ2) is 5.24. The topological polar surface area (TPSA) is 59.2 Å². The van der Waals surface area contributed by atoms with Gasteiger partial charge in [0.15, 0.2) is 0 Å². The van der Waals surface area contributed by atoms with E-state index in [1.165, 1.54) is 0 Å². The van der Waals surface area contributed by atoms with Crippen LogP contribution in [0.15, 0.2) is 36.4 Å². The number of fused-ring (bicyclic) bond motifs is 2. The Morgan fingerprint density at radius 2 is 1.92 bits per heavy atom. The molecule has 1 aromatic heterocycles. The van der Waals surface area contributed by atoms with Crippen molar-refractivity contribution in [2.75, 3.05) is 5.73 Å². The van der Waals surface area contributed by atoms with E-state index in [1.54, 1.807) is 23.1 Å². The van der Waals surface area contributed by atoms with E-state index in [1.807, 2.05) is 0 Å². The molecule has 1 saturated carbocycles. The minimum absolute atomic E-state index is 0.0864. The van der Waals surface area contributed by atoms with E-state index in [-0.39, 0.29) is 17.5 Å². The van der Waals surface area contributed by atoms with Crippen LogP contribution in [0.25, 0.3) is 22.0 Å². The molecule has 1 aliphatic heterocycles. The van der Waals surface area contributed by atoms with Gasteiger partial charge in [-0.05, 0) is 31.0 Å². The smallest absolute Gasteiger partial charge is 0.258 e. The number of aromatic nitrogens is 1. The maximum absolute atomic E-state index is 14.3. The molecule has 0 saturated heterocycles. The molecule has 1 fully saturated rings. The van der Waals surface area contributed by atoms with Gasteiger partial charge in [-0.25, -0.2) is 13.8 Å². The van der Waals surface area contributed by atoms with Crippen molar-refractivity contribution in [2.24, 2.45) is 0 Å². The van der Waals surface area contributed by atoms with E-state index in [0.717, 1.165) is 31.0 Å². The van der Waals surface area contributed by atoms with Crippen LogP contribution in [0.5, 0.6) is 0 Å². The summed E-state index contributed by atoms with van der Waals surface area (Å²) < 4.78 is 28.0. The van der Waals surface area contributed by atoms with Crippen molar-refractivity contribution in [1.82, 2.24) is 9.88 Å². The zero-order valence-corrected chi connectivity index (χ0v) is 13.8. The third-order valence-electron chi connectivity index (χ3n) is 5.13. The minimum Gasteiger partial charge on any atom is -0.397 e. The Balaban J connectivity index is 1.76. The molecule has 26 heavy (non-hydrogen) atoms. The van der Waals surface area contributed by atoms with Gasteiger partial charge >= 0.3 is 0 Å². The van der Waals surface area contributed by atoms with Crippen molar-refractivity contribution in [3.63, 3.8) is 0 Å². The largest absolute Gasteiger partial charge is 0.397 e. The van der Waals surface area contributed by atoms with Crippen LogP contribution in [-0.4, -0.2) is 21.8 Å². The van der Waals surface area contributed by atoms with Gasteiger partial charge in [0.25, 0.3) is 5.91 Å². The number of nitrogens with two attached hydrogens (primary N) is 1. The number of amides is 1. The zero-order chi connectivity index (χ0) is 18.0. The van der Waals surface area contributed by atoms with Crippen molar-refractivity contribution in [1.29, 1.82) is 0 Å². The SMILES string of the molecule is Nc1c2c(nc3c(-c4cc(F)ccc4F)cccc13)CN(C1CC1)C2=O. The predicted octanol–water partition coefficient (Wildman–Crippen LogP) is 3.88. The lowest BCUT2D eigenvalue weighted by Gasteiger charge is -2.13. The average Bonchev–Trinajstić information content (AvgIpc) is 3.41. The van der Waals surface area contributed by atoms with Gasteiger partial charge in [-0.2, -0.15) is 0 Å². The summed E-state index contributed by atoms with van der Waals surface area (Å²) in [6.45, 7) is 0.416. The van der Waals surface area contributed by atoms with Gasteiger partial charge in [-0.3, -0.25) is 4.79 Å². The molecule has 6 heteroatoms. The number of nitrogen functional groups attached to an aromatic ring is 1. The highest BCUT2D eigenvalue weighted by Crippen LogP contribution is 2.40. The summed E-state index contributed by atoms with van der Waals surface area (Å²) in [5.74, 6) is -1.14. The molecule has 2 heterocycles. The molecule has 0 spiro atoms. The van der Waals surface area contributed by atoms with E-state index >= 15 is 0 Å². The van der Waals surface area contributed by atoms with Crippen molar-refractivity contribution < 1.29 is 13.6 Å². The first-order valence-corrected chi connectivity index (χ1v) is 8.52. The van der Waals surface area contributed by atoms with Crippen LogP contribution in [0.4, 0.5) is 14.5 Å². The molecule has 0 radical (unpaired) electrons. The second-order valence-electron chi connectivity index (χ2n) is 6.84. The third-order valence-corrected chi connectivity index (χ3v) is 5.13. The quantitative estimate of drug-likeness (QED) is 0.762. The van der Waals surface area contributed by atoms with Crippen molar-refractivity contribution in [2.45, 2.75) is 25.4 Å². The predicted molar refractivity (Wildman–Crippen MR) is 94.4 cm³/mol. The van der Waals surface area contributed by atoms with Crippen molar-refractivity contribution >= 4 is 22.5 Å². The highest BCUT2D eigenvalue weighted by atomic mass is 19.1. The molecule has 0 bridgehead atoms. The zero-order valence-electron chi connectivity index (χ0n) is 13.8. The molecule has 5 rings (SSSR count). The summed E-state index contributed by atoms with van der Waals surface area (Å²) in [4.78, 5) is 19.1. The highest BCUT2D eigenvalue weighted by Gasteiger charge is 2.40. The third kappa shape index (κ3) is 2.11. The Hall–Kier alpha value is -3.02. The van der Waals surface area contributed by atoms with E-state index in [0.29, 0.717) is 40.0 Å². The van der Waals surface area contributed by atoms with Gasteiger partial charge in [-0.15, -0.1) is 0 Å². The lowest BCUT2D eigenvalue weighted by molar-refractivity contribution is 0.0767. The highest BCUT2D eigenvalue weighted by molar-refractivity contribution is 6.11. The second-order valence-corrected chi connectivity index (χ2v) is 6.84. The van der Waals surface area contributed by atoms with Crippen LogP contribution in [0.3, 0.4) is 0 Å². The van der Waals surface area contributed by atoms with E-state index in [4.69, 9.17) is 5.73 Å². The number of pyridine rings is 1. The molecule has 1 amide bonds. The Labute approximate surface area is 148 Å². The standard InChI is InChI=1S/C20H15F2N3O/c21-10-4-7-15(22)14(8-10)12-2-1-3-13-18(23)17-16(24-19(12)13)9-25(20(17)26)11-5-6-11/h1-4,7-8,11H,5-6,9H2,(H2,23,24). The van der Waals surface area contributed by atoms with Crippen LogP contribution in [0.2, 0.25) is 0 Å². The molecular weight excluding hydrogens is 336 g/mol. The summed E-state index contributed by atoms with van der Waals surface area (Å²) in [5, 5.41) is 0.580. The number of carbonyl (C=O) groups is 1. The molecule has 1 aliphatic carbocycles. The van der Waals surface area contributed by atoms with Crippen molar-refractivity contribution in [3.05, 3.63) is 59.3 Å². The summed E-state index contributed by atoms with van der Waals surface area (Å²) in [6.07, 6.45) is 2.00. The summed E-state index contributed by atoms with van der Waals surface area (Å²) in [7, 11) is 0. The summed E-state index contributed by atoms with van der Waals surface area (Å²) in [5.41, 5.74) is 8.79. The Bertz CT molecular complexity index is 1090. The van der Waals surface area contributed by atoms with Crippen LogP contribution in [-0.2, 0) is 6.54 Å². The average molecular weight is 351 g/mol. The van der Waals surface area contributed by atoms with Gasteiger partial charge in [0.05, 0.1) is 29.0 Å². The molecule has 2 aliphatic rings. The van der Waals surface area contributed by atoms with E-state index < -0.39 is 11.6 Å². The number of hydrogen-bond acceptors (Lipinski definition) is 3. The summed E-state index contributed by atoms with van der Waals surface area (Å²) in [6, 6.07) is 8.75. The van der Waals surface area contributed by atoms with Gasteiger partial charge in [0.1, 0.15) is 11.6 Å². The first-order chi connectivity index (χ1) is 12.5. The number of benzene rings is 2. The molecule has 0 unspecified atom stereocenters. The van der Waals surface area contributed by atoms with Crippen LogP contribution < -0.4 is 5.73 Å². The van der Waals surface area contributed by atoms with Gasteiger partial charge in [0.2, 0.25) is 0 Å². The fourth-order valence-electron chi connectivity index (χ4n) is 3.69. The normalized spacial score (nSPS) is 16.4. The number of hydrogen-bond donors (Lipinski definition) is 1. The minimum atomic E-state index is -0.532. The molecule has 130 valence electrons. The number of carbonyl (C=O) groups excluding carboxylic acids is 1. The van der Waals surface area contributed by atoms with Crippen LogP contribution >= 0.6 is 0 Å². The fourth-order valence-corrected chi connectivity index (χ4v) is 3.69. The number of nitrogens with zero attached hydrogens (tertiary/aromatic N) is 2. The van der Waals surface area contributed by atoms with E-state index in [2.05, 4.69) is 4.98 Å². The van der Waals surface area contributed by atoms with Gasteiger partial charge < -0.3 is 10.6 Å². The van der Waals surface area contributed by atoms with Crippen molar-refractivity contribution in [3.8, 4) is 11.1 Å². The van der Waals surface area contributed by atoms with Crippen LogP contribution in [0.1, 0.15) is 28.9 Å². The maximum Gasteiger partial charge on any atom is 0.258 e. The Morgan fingerprint density at radius 1 is 1.12 bits per heavy atom. The monoisotopic (exact) mass is 351 g/mol. The first-order valence-electron chi connectivity index (χ1n) is 8.52. The molecule has 4 nitrogen and oxygen atoms in total. The number of anilines is 1. The molecule has 2 N–H and O–H groups in total. The lowest BCUT2D eigenvalue weighted by atomic mass is 9.98. The Kier molecular flexibility index (Phi) is 3.07. The lowest BCUT2D eigenvalue weighted by Crippen LogP contribution is -2.26. The maximum atomic E-state index is 14.3. The molecule has 0 atom stereocenters. The van der Waals surface area contributed by atoms with Crippen LogP contribution in [0, 0.1) is 11.6 Å². The van der Waals surface area contributed by atoms with Gasteiger partial charge in [-0.1, -0.05) is 18.2 Å². The fraction of sp³-hybridized carbons (Fsp3) is 0.200. The first kappa shape index (κ1) is 15.3. The molecule has 2 aromatic carbocycles. The Morgan fingerprint density at radius 3 is 2.69 bits per heavy atom. The molecule has 3 aromatic rings. The number of halogens is 2. The van der Waals surface area contributed by atoms with Gasteiger partial charge in [0, 0.05) is 22.6 Å². The number of para-hydroxylation sites is 1. The number of rotatable bonds is 2.